The van der Waals surface area contributed by atoms with Crippen molar-refractivity contribution in [1.82, 2.24) is 4.90 Å². The first-order valence-electron chi connectivity index (χ1n) is 6.61. The fourth-order valence-electron chi connectivity index (χ4n) is 3.81. The van der Waals surface area contributed by atoms with Crippen molar-refractivity contribution in [2.45, 2.75) is 75.6 Å². The monoisotopic (exact) mass is 292 g/mol. The van der Waals surface area contributed by atoms with Crippen LogP contribution in [0.15, 0.2) is 0 Å². The third kappa shape index (κ3) is 2.56. The molecule has 1 unspecified atom stereocenters. The summed E-state index contributed by atoms with van der Waals surface area (Å²) in [5.41, 5.74) is 4.75. The molecule has 112 valence electrons. The van der Waals surface area contributed by atoms with Gasteiger partial charge in [-0.05, 0) is 52.9 Å². The number of amides is 1. The smallest absolute Gasteiger partial charge is 0.408 e. The van der Waals surface area contributed by atoms with Gasteiger partial charge in [0.05, 0.1) is 11.6 Å². The Bertz CT molecular complexity index is 359. The molecule has 2 bridgehead atoms. The van der Waals surface area contributed by atoms with Gasteiger partial charge in [0.1, 0.15) is 0 Å². The lowest BCUT2D eigenvalue weighted by molar-refractivity contribution is -0.128. The SMILES string of the molecule is CC(C)(C)N(C(=O)O)C12CCC(N)(CC1)CC2O.Cl. The molecule has 0 aromatic heterocycles. The lowest BCUT2D eigenvalue weighted by Gasteiger charge is -2.60. The Balaban J connectivity index is 0.00000180. The van der Waals surface area contributed by atoms with Crippen LogP contribution in [0.4, 0.5) is 4.79 Å². The fourth-order valence-corrected chi connectivity index (χ4v) is 3.81. The van der Waals surface area contributed by atoms with Crippen molar-refractivity contribution in [2.75, 3.05) is 0 Å². The molecule has 3 saturated carbocycles. The quantitative estimate of drug-likeness (QED) is 0.689. The van der Waals surface area contributed by atoms with Crippen molar-refractivity contribution in [1.29, 1.82) is 0 Å². The molecule has 6 heteroatoms. The molecule has 3 fully saturated rings. The minimum absolute atomic E-state index is 0. The standard InChI is InChI=1S/C13H24N2O3.ClH/c1-11(2,3)15(10(17)18)13-6-4-12(14,5-7-13)8-9(13)16;/h9,16H,4-8,14H2,1-3H3,(H,17,18);1H. The Morgan fingerprint density at radius 3 is 2.05 bits per heavy atom. The maximum absolute atomic E-state index is 11.6. The first-order chi connectivity index (χ1) is 8.11. The highest BCUT2D eigenvalue weighted by Gasteiger charge is 2.58. The van der Waals surface area contributed by atoms with Crippen LogP contribution in [-0.2, 0) is 0 Å². The van der Waals surface area contributed by atoms with Crippen LogP contribution in [0, 0.1) is 0 Å². The van der Waals surface area contributed by atoms with E-state index in [9.17, 15) is 15.0 Å². The number of rotatable bonds is 1. The van der Waals surface area contributed by atoms with Gasteiger partial charge in [-0.15, -0.1) is 12.4 Å². The second-order valence-corrected chi connectivity index (χ2v) is 6.97. The molecule has 0 saturated heterocycles. The Hall–Kier alpha value is -0.520. The molecule has 1 amide bonds. The number of hydrogen-bond donors (Lipinski definition) is 3. The molecule has 0 aliphatic heterocycles. The van der Waals surface area contributed by atoms with E-state index < -0.39 is 23.3 Å². The van der Waals surface area contributed by atoms with Gasteiger partial charge in [-0.2, -0.15) is 0 Å². The van der Waals surface area contributed by atoms with E-state index in [4.69, 9.17) is 5.73 Å². The molecule has 4 N–H and O–H groups in total. The van der Waals surface area contributed by atoms with Crippen molar-refractivity contribution >= 4 is 18.5 Å². The van der Waals surface area contributed by atoms with Gasteiger partial charge >= 0.3 is 6.09 Å². The van der Waals surface area contributed by atoms with E-state index in [-0.39, 0.29) is 17.9 Å². The number of halogens is 1. The number of nitrogens with zero attached hydrogens (tertiary/aromatic N) is 1. The number of aliphatic hydroxyl groups is 1. The van der Waals surface area contributed by atoms with Crippen LogP contribution in [0.25, 0.3) is 0 Å². The number of carbonyl (C=O) groups is 1. The minimum Gasteiger partial charge on any atom is -0.465 e. The largest absolute Gasteiger partial charge is 0.465 e. The maximum atomic E-state index is 11.6. The zero-order valence-corrected chi connectivity index (χ0v) is 12.7. The Labute approximate surface area is 120 Å². The van der Waals surface area contributed by atoms with E-state index >= 15 is 0 Å². The van der Waals surface area contributed by atoms with E-state index in [1.165, 1.54) is 4.90 Å². The van der Waals surface area contributed by atoms with E-state index in [0.29, 0.717) is 19.3 Å². The van der Waals surface area contributed by atoms with E-state index in [2.05, 4.69) is 0 Å². The molecule has 1 atom stereocenters. The lowest BCUT2D eigenvalue weighted by atomic mass is 9.59. The summed E-state index contributed by atoms with van der Waals surface area (Å²) in [5.74, 6) is 0. The van der Waals surface area contributed by atoms with Crippen LogP contribution < -0.4 is 5.73 Å². The normalized spacial score (nSPS) is 37.6. The van der Waals surface area contributed by atoms with Gasteiger partial charge in [-0.3, -0.25) is 4.90 Å². The molecule has 3 rings (SSSR count). The molecule has 0 aromatic rings. The van der Waals surface area contributed by atoms with Crippen LogP contribution in [0.2, 0.25) is 0 Å². The van der Waals surface area contributed by atoms with Crippen LogP contribution >= 0.6 is 12.4 Å². The number of fused-ring (bicyclic) bond motifs is 3. The van der Waals surface area contributed by atoms with Gasteiger partial charge in [-0.1, -0.05) is 0 Å². The Kier molecular flexibility index (Phi) is 4.17. The molecule has 0 radical (unpaired) electrons. The topological polar surface area (TPSA) is 86.8 Å². The van der Waals surface area contributed by atoms with E-state index in [1.54, 1.807) is 0 Å². The second kappa shape index (κ2) is 4.79. The van der Waals surface area contributed by atoms with Gasteiger partial charge < -0.3 is 15.9 Å². The fraction of sp³-hybridized carbons (Fsp3) is 0.923. The molecular formula is C13H25ClN2O3. The third-order valence-corrected chi connectivity index (χ3v) is 4.64. The number of nitrogens with two attached hydrogens (primary N) is 1. The Morgan fingerprint density at radius 1 is 1.26 bits per heavy atom. The van der Waals surface area contributed by atoms with Crippen LogP contribution in [-0.4, -0.2) is 43.9 Å². The summed E-state index contributed by atoms with van der Waals surface area (Å²) in [4.78, 5) is 13.1. The Morgan fingerprint density at radius 2 is 1.74 bits per heavy atom. The number of hydrogen-bond acceptors (Lipinski definition) is 3. The summed E-state index contributed by atoms with van der Waals surface area (Å²) in [7, 11) is 0. The van der Waals surface area contributed by atoms with Gasteiger partial charge in [0.25, 0.3) is 0 Å². The summed E-state index contributed by atoms with van der Waals surface area (Å²) in [6.45, 7) is 5.63. The van der Waals surface area contributed by atoms with E-state index in [0.717, 1.165) is 12.8 Å². The van der Waals surface area contributed by atoms with Gasteiger partial charge in [-0.25, -0.2) is 4.79 Å². The highest BCUT2D eigenvalue weighted by atomic mass is 35.5. The predicted molar refractivity (Wildman–Crippen MR) is 75.6 cm³/mol. The van der Waals surface area contributed by atoms with Crippen molar-refractivity contribution < 1.29 is 15.0 Å². The molecule has 0 heterocycles. The average Bonchev–Trinajstić information content (AvgIpc) is 2.17. The highest BCUT2D eigenvalue weighted by Crippen LogP contribution is 2.50. The first-order valence-corrected chi connectivity index (χ1v) is 6.61. The zero-order valence-electron chi connectivity index (χ0n) is 11.8. The summed E-state index contributed by atoms with van der Waals surface area (Å²) in [5, 5.41) is 20.0. The molecule has 3 aliphatic carbocycles. The number of carboxylic acid groups (broad SMARTS) is 1. The second-order valence-electron chi connectivity index (χ2n) is 6.97. The first kappa shape index (κ1) is 16.5. The maximum Gasteiger partial charge on any atom is 0.408 e. The molecule has 19 heavy (non-hydrogen) atoms. The zero-order chi connectivity index (χ0) is 13.8. The lowest BCUT2D eigenvalue weighted by Crippen LogP contribution is -2.72. The van der Waals surface area contributed by atoms with Crippen molar-refractivity contribution in [3.63, 3.8) is 0 Å². The van der Waals surface area contributed by atoms with Gasteiger partial charge in [0.15, 0.2) is 0 Å². The molecule has 5 nitrogen and oxygen atoms in total. The van der Waals surface area contributed by atoms with Crippen LogP contribution in [0.5, 0.6) is 0 Å². The average molecular weight is 293 g/mol. The van der Waals surface area contributed by atoms with Crippen LogP contribution in [0.1, 0.15) is 52.9 Å². The van der Waals surface area contributed by atoms with Gasteiger partial charge in [0, 0.05) is 11.1 Å². The third-order valence-electron chi connectivity index (χ3n) is 4.64. The summed E-state index contributed by atoms with van der Waals surface area (Å²) in [6, 6.07) is 0. The summed E-state index contributed by atoms with van der Waals surface area (Å²) < 4.78 is 0. The predicted octanol–water partition coefficient (Wildman–Crippen LogP) is 1.96. The summed E-state index contributed by atoms with van der Waals surface area (Å²) >= 11 is 0. The van der Waals surface area contributed by atoms with Crippen molar-refractivity contribution in [3.05, 3.63) is 0 Å². The van der Waals surface area contributed by atoms with E-state index in [1.807, 2.05) is 20.8 Å². The number of aliphatic hydroxyl groups excluding tert-OH is 1. The molecular weight excluding hydrogens is 268 g/mol. The molecule has 0 spiro atoms. The van der Waals surface area contributed by atoms with Crippen molar-refractivity contribution in [2.24, 2.45) is 5.73 Å². The highest BCUT2D eigenvalue weighted by molar-refractivity contribution is 5.85. The molecule has 0 aromatic carbocycles. The van der Waals surface area contributed by atoms with Crippen molar-refractivity contribution in [3.8, 4) is 0 Å². The van der Waals surface area contributed by atoms with Gasteiger partial charge in [0.2, 0.25) is 0 Å². The van der Waals surface area contributed by atoms with Crippen LogP contribution in [0.3, 0.4) is 0 Å². The minimum atomic E-state index is -0.951. The molecule has 3 aliphatic rings. The summed E-state index contributed by atoms with van der Waals surface area (Å²) in [6.07, 6.45) is 1.82.